The van der Waals surface area contributed by atoms with E-state index >= 15 is 0 Å². The van der Waals surface area contributed by atoms with Gasteiger partial charge in [0.05, 0.1) is 0 Å². The first-order chi connectivity index (χ1) is 10.7. The summed E-state index contributed by atoms with van der Waals surface area (Å²) < 4.78 is 0. The van der Waals surface area contributed by atoms with E-state index in [1.165, 1.54) is 22.3 Å². The molecule has 3 nitrogen and oxygen atoms in total. The second kappa shape index (κ2) is 6.79. The fourth-order valence-corrected chi connectivity index (χ4v) is 3.02. The van der Waals surface area contributed by atoms with E-state index in [4.69, 9.17) is 0 Å². The average Bonchev–Trinajstić information content (AvgIpc) is 2.97. The van der Waals surface area contributed by atoms with Crippen molar-refractivity contribution in [1.82, 2.24) is 15.2 Å². The lowest BCUT2D eigenvalue weighted by molar-refractivity contribution is 0.953. The summed E-state index contributed by atoms with van der Waals surface area (Å²) in [6.07, 6.45) is 0.796. The van der Waals surface area contributed by atoms with Gasteiger partial charge < -0.3 is 0 Å². The van der Waals surface area contributed by atoms with Gasteiger partial charge in [-0.1, -0.05) is 65.9 Å². The lowest BCUT2D eigenvalue weighted by Crippen LogP contribution is -1.93. The van der Waals surface area contributed by atoms with Gasteiger partial charge in [-0.3, -0.25) is 5.10 Å². The number of aryl methyl sites for hydroxylation is 2. The number of thioether (sulfide) groups is 1. The van der Waals surface area contributed by atoms with Crippen molar-refractivity contribution in [3.05, 3.63) is 76.6 Å². The molecular weight excluding hydrogens is 290 g/mol. The van der Waals surface area contributed by atoms with Crippen LogP contribution in [0.5, 0.6) is 0 Å². The van der Waals surface area contributed by atoms with Gasteiger partial charge in [0, 0.05) is 12.2 Å². The Balaban J connectivity index is 1.61. The minimum atomic E-state index is 0.796. The van der Waals surface area contributed by atoms with Gasteiger partial charge in [-0.15, -0.1) is 5.10 Å². The first-order valence-corrected chi connectivity index (χ1v) is 8.33. The molecule has 0 spiro atoms. The zero-order valence-corrected chi connectivity index (χ0v) is 13.7. The molecule has 4 heteroatoms. The molecule has 1 aromatic heterocycles. The number of hydrogen-bond acceptors (Lipinski definition) is 3. The first kappa shape index (κ1) is 14.9. The average molecular weight is 309 g/mol. The summed E-state index contributed by atoms with van der Waals surface area (Å²) in [5.74, 6) is 1.81. The number of nitrogens with zero attached hydrogens (tertiary/aromatic N) is 2. The molecule has 0 aliphatic carbocycles. The molecule has 0 saturated carbocycles. The van der Waals surface area contributed by atoms with E-state index in [9.17, 15) is 0 Å². The number of benzene rings is 2. The molecule has 0 aliphatic heterocycles. The molecule has 112 valence electrons. The topological polar surface area (TPSA) is 41.6 Å². The maximum Gasteiger partial charge on any atom is 0.208 e. The van der Waals surface area contributed by atoms with Crippen LogP contribution < -0.4 is 0 Å². The van der Waals surface area contributed by atoms with Crippen LogP contribution in [0.2, 0.25) is 0 Å². The molecule has 0 unspecified atom stereocenters. The Morgan fingerprint density at radius 3 is 2.55 bits per heavy atom. The largest absolute Gasteiger partial charge is 0.262 e. The molecule has 0 aliphatic rings. The van der Waals surface area contributed by atoms with Gasteiger partial charge in [0.25, 0.3) is 0 Å². The quantitative estimate of drug-likeness (QED) is 0.714. The molecular formula is C18H19N3S. The molecule has 1 N–H and O–H groups in total. The number of aromatic nitrogens is 3. The predicted octanol–water partition coefficient (Wildman–Crippen LogP) is 4.30. The Kier molecular flexibility index (Phi) is 4.59. The zero-order valence-electron chi connectivity index (χ0n) is 12.8. The Morgan fingerprint density at radius 2 is 1.77 bits per heavy atom. The third-order valence-corrected chi connectivity index (χ3v) is 4.54. The summed E-state index contributed by atoms with van der Waals surface area (Å²) in [7, 11) is 0. The Labute approximate surface area is 135 Å². The Hall–Kier alpha value is -2.07. The van der Waals surface area contributed by atoms with Gasteiger partial charge in [-0.25, -0.2) is 4.98 Å². The summed E-state index contributed by atoms with van der Waals surface area (Å²) in [5, 5.41) is 8.16. The van der Waals surface area contributed by atoms with Crippen LogP contribution in [-0.2, 0) is 12.2 Å². The summed E-state index contributed by atoms with van der Waals surface area (Å²) in [6, 6.07) is 17.0. The molecule has 0 fully saturated rings. The van der Waals surface area contributed by atoms with Gasteiger partial charge >= 0.3 is 0 Å². The Bertz CT molecular complexity index is 747. The number of nitrogens with one attached hydrogen (secondary N) is 1. The third kappa shape index (κ3) is 3.77. The summed E-state index contributed by atoms with van der Waals surface area (Å²) in [6.45, 7) is 4.22. The molecule has 0 amide bonds. The zero-order chi connectivity index (χ0) is 15.4. The first-order valence-electron chi connectivity index (χ1n) is 7.35. The third-order valence-electron chi connectivity index (χ3n) is 3.62. The van der Waals surface area contributed by atoms with Crippen molar-refractivity contribution >= 4 is 11.8 Å². The van der Waals surface area contributed by atoms with E-state index in [0.717, 1.165) is 23.2 Å². The fraction of sp³-hybridized carbons (Fsp3) is 0.222. The standard InChI is InChI=1S/C18H19N3S/c1-13-7-9-15(10-8-13)12-22-18-19-17(20-21-18)11-16-6-4-3-5-14(16)2/h3-10H,11-12H2,1-2H3,(H,19,20,21). The van der Waals surface area contributed by atoms with E-state index in [0.29, 0.717) is 0 Å². The van der Waals surface area contributed by atoms with Crippen LogP contribution in [-0.4, -0.2) is 15.2 Å². The predicted molar refractivity (Wildman–Crippen MR) is 91.1 cm³/mol. The van der Waals surface area contributed by atoms with Crippen LogP contribution in [0.25, 0.3) is 0 Å². The lowest BCUT2D eigenvalue weighted by Gasteiger charge is -2.01. The highest BCUT2D eigenvalue weighted by Gasteiger charge is 2.06. The molecule has 0 atom stereocenters. The highest BCUT2D eigenvalue weighted by molar-refractivity contribution is 7.98. The van der Waals surface area contributed by atoms with Crippen molar-refractivity contribution in [2.75, 3.05) is 0 Å². The highest BCUT2D eigenvalue weighted by Crippen LogP contribution is 2.20. The van der Waals surface area contributed by atoms with Crippen molar-refractivity contribution in [3.8, 4) is 0 Å². The second-order valence-corrected chi connectivity index (χ2v) is 6.38. The summed E-state index contributed by atoms with van der Waals surface area (Å²) >= 11 is 1.66. The van der Waals surface area contributed by atoms with E-state index in [1.807, 2.05) is 0 Å². The monoisotopic (exact) mass is 309 g/mol. The second-order valence-electron chi connectivity index (χ2n) is 5.44. The maximum atomic E-state index is 4.58. The van der Waals surface area contributed by atoms with E-state index in [1.54, 1.807) is 11.8 Å². The Morgan fingerprint density at radius 1 is 1.00 bits per heavy atom. The minimum absolute atomic E-state index is 0.796. The van der Waals surface area contributed by atoms with Crippen LogP contribution in [0.15, 0.2) is 53.7 Å². The van der Waals surface area contributed by atoms with Gasteiger partial charge in [0.1, 0.15) is 5.82 Å². The van der Waals surface area contributed by atoms with Crippen molar-refractivity contribution in [3.63, 3.8) is 0 Å². The fourth-order valence-electron chi connectivity index (χ4n) is 2.24. The van der Waals surface area contributed by atoms with Gasteiger partial charge in [-0.2, -0.15) is 0 Å². The summed E-state index contributed by atoms with van der Waals surface area (Å²) in [4.78, 5) is 4.58. The molecule has 22 heavy (non-hydrogen) atoms. The van der Waals surface area contributed by atoms with E-state index in [-0.39, 0.29) is 0 Å². The van der Waals surface area contributed by atoms with E-state index in [2.05, 4.69) is 77.6 Å². The van der Waals surface area contributed by atoms with E-state index < -0.39 is 0 Å². The van der Waals surface area contributed by atoms with Crippen molar-refractivity contribution in [2.45, 2.75) is 31.2 Å². The van der Waals surface area contributed by atoms with Crippen LogP contribution in [0.3, 0.4) is 0 Å². The highest BCUT2D eigenvalue weighted by atomic mass is 32.2. The lowest BCUT2D eigenvalue weighted by atomic mass is 10.1. The smallest absolute Gasteiger partial charge is 0.208 e. The molecule has 0 saturated heterocycles. The SMILES string of the molecule is Cc1ccc(CSc2n[nH]c(Cc3ccccc3C)n2)cc1. The molecule has 3 aromatic rings. The molecule has 0 bridgehead atoms. The van der Waals surface area contributed by atoms with Crippen LogP contribution >= 0.6 is 11.8 Å². The minimum Gasteiger partial charge on any atom is -0.262 e. The van der Waals surface area contributed by atoms with Gasteiger partial charge in [0.15, 0.2) is 0 Å². The molecule has 0 radical (unpaired) electrons. The number of aromatic amines is 1. The van der Waals surface area contributed by atoms with Gasteiger partial charge in [-0.05, 0) is 30.5 Å². The van der Waals surface area contributed by atoms with Gasteiger partial charge in [0.2, 0.25) is 5.16 Å². The number of hydrogen-bond donors (Lipinski definition) is 1. The number of rotatable bonds is 5. The van der Waals surface area contributed by atoms with Crippen molar-refractivity contribution in [2.24, 2.45) is 0 Å². The van der Waals surface area contributed by atoms with Crippen molar-refractivity contribution < 1.29 is 0 Å². The van der Waals surface area contributed by atoms with Crippen LogP contribution in [0.4, 0.5) is 0 Å². The summed E-state index contributed by atoms with van der Waals surface area (Å²) in [5.41, 5.74) is 5.15. The normalized spacial score (nSPS) is 10.8. The van der Waals surface area contributed by atoms with Crippen molar-refractivity contribution in [1.29, 1.82) is 0 Å². The molecule has 2 aromatic carbocycles. The molecule has 3 rings (SSSR count). The maximum absolute atomic E-state index is 4.58. The number of H-pyrrole nitrogens is 1. The van der Waals surface area contributed by atoms with Crippen LogP contribution in [0, 0.1) is 13.8 Å². The van der Waals surface area contributed by atoms with Crippen LogP contribution in [0.1, 0.15) is 28.1 Å². The molecule has 1 heterocycles.